The summed E-state index contributed by atoms with van der Waals surface area (Å²) >= 11 is 0. The summed E-state index contributed by atoms with van der Waals surface area (Å²) in [7, 11) is 0. The lowest BCUT2D eigenvalue weighted by atomic mass is 9.84. The summed E-state index contributed by atoms with van der Waals surface area (Å²) in [5.41, 5.74) is 14.7. The molecule has 0 saturated carbocycles. The van der Waals surface area contributed by atoms with Crippen LogP contribution in [0.3, 0.4) is 0 Å². The Morgan fingerprint density at radius 2 is 0.738 bits per heavy atom. The van der Waals surface area contributed by atoms with Crippen molar-refractivity contribution in [2.75, 3.05) is 0 Å². The van der Waals surface area contributed by atoms with Gasteiger partial charge in [-0.15, -0.1) is 0 Å². The number of carbonyl (C=O) groups excluding carboxylic acids is 4. The number of fused-ring (bicyclic) bond motifs is 6. The zero-order valence-corrected chi connectivity index (χ0v) is 52.7. The van der Waals surface area contributed by atoms with E-state index in [0.717, 1.165) is 90.7 Å². The van der Waals surface area contributed by atoms with E-state index in [1.54, 1.807) is 11.1 Å². The molecule has 12 rings (SSSR count). The van der Waals surface area contributed by atoms with Crippen molar-refractivity contribution < 1.29 is 24.3 Å². The van der Waals surface area contributed by atoms with Crippen molar-refractivity contribution in [1.29, 1.82) is 0 Å². The van der Waals surface area contributed by atoms with E-state index in [1.165, 1.54) is 35.1 Å². The van der Waals surface area contributed by atoms with Crippen LogP contribution in [0.5, 0.6) is 0 Å². The normalized spacial score (nSPS) is 18.6. The van der Waals surface area contributed by atoms with Crippen LogP contribution in [-0.4, -0.2) is 28.2 Å². The van der Waals surface area contributed by atoms with Gasteiger partial charge in [-0.05, 0) is 120 Å². The van der Waals surface area contributed by atoms with Gasteiger partial charge < -0.3 is 5.11 Å². The van der Waals surface area contributed by atoms with Crippen LogP contribution in [0.2, 0.25) is 0 Å². The van der Waals surface area contributed by atoms with Crippen molar-refractivity contribution in [1.82, 2.24) is 0 Å². The smallest absolute Gasteiger partial charge is 0.189 e. The number of ketones is 4. The fraction of sp³-hybridized carbons (Fsp3) is 0.440. The van der Waals surface area contributed by atoms with Gasteiger partial charge in [0.15, 0.2) is 23.1 Å². The number of hydrogen-bond acceptors (Lipinski definition) is 5. The number of hydrogen-bond donors (Lipinski definition) is 1. The molecule has 6 aliphatic carbocycles. The van der Waals surface area contributed by atoms with Gasteiger partial charge >= 0.3 is 0 Å². The number of carbonyl (C=O) groups is 4. The largest absolute Gasteiger partial charge is 0.388 e. The minimum absolute atomic E-state index is 0.112. The average Bonchev–Trinajstić information content (AvgIpc) is 4.21. The monoisotopic (exact) mass is 1080 g/mol. The van der Waals surface area contributed by atoms with E-state index in [4.69, 9.17) is 0 Å². The van der Waals surface area contributed by atoms with Crippen molar-refractivity contribution in [2.24, 2.45) is 29.6 Å². The molecule has 0 amide bonds. The minimum atomic E-state index is -0.230. The highest BCUT2D eigenvalue weighted by Gasteiger charge is 2.28. The summed E-state index contributed by atoms with van der Waals surface area (Å²) in [5.74, 6) is 2.96. The second kappa shape index (κ2) is 40.0. The molecule has 0 aliphatic heterocycles. The lowest BCUT2D eigenvalue weighted by Gasteiger charge is -2.19. The first kappa shape index (κ1) is 71.7. The summed E-state index contributed by atoms with van der Waals surface area (Å²) in [4.78, 5) is 46.1. The molecule has 0 radical (unpaired) electrons. The molecule has 6 aromatic rings. The molecule has 0 aromatic heterocycles. The van der Waals surface area contributed by atoms with Crippen LogP contribution < -0.4 is 0 Å². The molecule has 5 nitrogen and oxygen atoms in total. The van der Waals surface area contributed by atoms with Gasteiger partial charge in [-0.3, -0.25) is 19.2 Å². The summed E-state index contributed by atoms with van der Waals surface area (Å²) in [6.45, 7) is 38.1. The predicted octanol–water partition coefficient (Wildman–Crippen LogP) is 19.8. The van der Waals surface area contributed by atoms with Crippen LogP contribution in [0.1, 0.15) is 229 Å². The maximum absolute atomic E-state index is 11.8. The van der Waals surface area contributed by atoms with Gasteiger partial charge in [-0.25, -0.2) is 0 Å². The van der Waals surface area contributed by atoms with Gasteiger partial charge in [0.05, 0.1) is 6.10 Å². The molecule has 0 heterocycles. The third kappa shape index (κ3) is 21.0. The highest BCUT2D eigenvalue weighted by atomic mass is 16.3. The number of allylic oxidation sites excluding steroid dienone is 1. The Hall–Kier alpha value is -6.30. The lowest BCUT2D eigenvalue weighted by Crippen LogP contribution is -2.19. The van der Waals surface area contributed by atoms with Crippen molar-refractivity contribution in [3.05, 3.63) is 225 Å². The first-order valence-electron chi connectivity index (χ1n) is 30.8. The molecule has 6 aliphatic rings. The van der Waals surface area contributed by atoms with Crippen LogP contribution in [0.4, 0.5) is 0 Å². The van der Waals surface area contributed by atoms with Crippen LogP contribution >= 0.6 is 0 Å². The number of rotatable bonds is 0. The van der Waals surface area contributed by atoms with Crippen molar-refractivity contribution in [3.8, 4) is 0 Å². The maximum Gasteiger partial charge on any atom is 0.189 e. The molecule has 6 aromatic carbocycles. The molecule has 0 saturated heterocycles. The lowest BCUT2D eigenvalue weighted by molar-refractivity contribution is 0.0910. The van der Waals surface area contributed by atoms with E-state index >= 15 is 0 Å². The SMILES string of the molecule is C=C1Cc2ccccc2C1=O.CC.CC.CC.CC.CC.CC.CC1CCCc2ccccc2C1=O.CC1CCc2ccccc2C1=O.CC1Cc2ccccc2C1.CC1Cc2ccccc2C1=O.CC1Cc2ccccc2C1O. The molecule has 1 N–H and O–H groups in total. The molecule has 434 valence electrons. The Bertz CT molecular complexity index is 2730. The van der Waals surface area contributed by atoms with Crippen molar-refractivity contribution >= 4 is 23.1 Å². The standard InChI is InChI=1S/C12H14O.C11H12O.C10H12O.C10H10O.C10H8O.C10H12.6C2H6/c1-9-5-4-7-10-6-2-3-8-11(10)12(9)13;1-8-6-7-9-4-2-3-5-10(9)11(8)12;3*1-7-6-8-4-2-3-5-9(8)10(7)11;1-8-6-9-4-2-3-5-10(9)7-8;6*1-2/h2-3,6,8-9H,4-5,7H2,1H3;2-5,8H,6-7H2,1H3;2-5,7,10-11H,6H2,1H3;2-5,7H,6H2,1H3;2-5H,1,6H2;2-5,8H,6-7H2,1H3;6*1-2H3. The molecule has 0 spiro atoms. The van der Waals surface area contributed by atoms with Gasteiger partial charge in [0.25, 0.3) is 0 Å². The summed E-state index contributed by atoms with van der Waals surface area (Å²) in [5, 5.41) is 9.65. The fourth-order valence-electron chi connectivity index (χ4n) is 10.3. The highest BCUT2D eigenvalue weighted by molar-refractivity contribution is 6.12. The van der Waals surface area contributed by atoms with E-state index in [9.17, 15) is 24.3 Å². The predicted molar refractivity (Wildman–Crippen MR) is 344 cm³/mol. The van der Waals surface area contributed by atoms with E-state index in [1.807, 2.05) is 207 Å². The number of benzene rings is 6. The average molecular weight is 1090 g/mol. The number of aliphatic hydroxyl groups excluding tert-OH is 1. The summed E-state index contributed by atoms with van der Waals surface area (Å²) in [6.07, 6.45) is 10.3. The van der Waals surface area contributed by atoms with Gasteiger partial charge in [0, 0.05) is 46.4 Å². The van der Waals surface area contributed by atoms with Crippen LogP contribution in [0.25, 0.3) is 0 Å². The molecule has 80 heavy (non-hydrogen) atoms. The molecule has 0 bridgehead atoms. The Morgan fingerprint density at radius 1 is 0.375 bits per heavy atom. The van der Waals surface area contributed by atoms with Crippen molar-refractivity contribution in [3.63, 3.8) is 0 Å². The molecular weight excluding hydrogens is 981 g/mol. The second-order valence-electron chi connectivity index (χ2n) is 19.8. The number of aliphatic hydroxyl groups is 1. The van der Waals surface area contributed by atoms with E-state index in [2.05, 4.69) is 62.9 Å². The van der Waals surface area contributed by atoms with E-state index in [-0.39, 0.29) is 29.6 Å². The quantitative estimate of drug-likeness (QED) is 0.121. The molecular formula is C75H104O5. The minimum Gasteiger partial charge on any atom is -0.388 e. The number of aryl methyl sites for hydroxylation is 2. The van der Waals surface area contributed by atoms with Crippen LogP contribution in [0.15, 0.2) is 158 Å². The molecule has 5 heteroatoms. The second-order valence-corrected chi connectivity index (χ2v) is 19.8. The van der Waals surface area contributed by atoms with E-state index in [0.29, 0.717) is 28.8 Å². The zero-order chi connectivity index (χ0) is 60.3. The first-order chi connectivity index (χ1) is 38.8. The van der Waals surface area contributed by atoms with Gasteiger partial charge in [0.1, 0.15) is 0 Å². The van der Waals surface area contributed by atoms with E-state index < -0.39 is 0 Å². The summed E-state index contributed by atoms with van der Waals surface area (Å²) < 4.78 is 0. The summed E-state index contributed by atoms with van der Waals surface area (Å²) in [6, 6.07) is 48.4. The Morgan fingerprint density at radius 3 is 1.20 bits per heavy atom. The molecule has 0 fully saturated rings. The third-order valence-electron chi connectivity index (χ3n) is 14.3. The van der Waals surface area contributed by atoms with Crippen molar-refractivity contribution in [2.45, 2.75) is 188 Å². The number of Topliss-reactive ketones (excluding diaryl/α,β-unsaturated/α-hetero) is 4. The third-order valence-corrected chi connectivity index (χ3v) is 14.3. The van der Waals surface area contributed by atoms with Crippen LogP contribution in [-0.2, 0) is 44.9 Å². The highest BCUT2D eigenvalue weighted by Crippen LogP contribution is 2.35. The van der Waals surface area contributed by atoms with Gasteiger partial charge in [-0.2, -0.15) is 0 Å². The Kier molecular flexibility index (Phi) is 35.8. The van der Waals surface area contributed by atoms with Gasteiger partial charge in [0.2, 0.25) is 0 Å². The Balaban J connectivity index is 0.000000462. The first-order valence-corrected chi connectivity index (χ1v) is 30.8. The van der Waals surface area contributed by atoms with Crippen LogP contribution in [0, 0.1) is 29.6 Å². The maximum atomic E-state index is 11.8. The molecule has 5 unspecified atom stereocenters. The Labute approximate surface area is 487 Å². The van der Waals surface area contributed by atoms with Gasteiger partial charge in [-0.1, -0.05) is 270 Å². The fourth-order valence-corrected chi connectivity index (χ4v) is 10.3. The molecule has 5 atom stereocenters. The topological polar surface area (TPSA) is 88.5 Å². The zero-order valence-electron chi connectivity index (χ0n) is 52.7.